The van der Waals surface area contributed by atoms with Crippen molar-refractivity contribution in [2.75, 3.05) is 0 Å². The number of fused-ring (bicyclic) bond motifs is 5. The predicted molar refractivity (Wildman–Crippen MR) is 204 cm³/mol. The lowest BCUT2D eigenvalue weighted by Gasteiger charge is -2.20. The van der Waals surface area contributed by atoms with E-state index in [-0.39, 0.29) is 0 Å². The highest BCUT2D eigenvalue weighted by atomic mass is 31.2. The summed E-state index contributed by atoms with van der Waals surface area (Å²) in [5, 5.41) is 5.67. The van der Waals surface area contributed by atoms with E-state index in [2.05, 4.69) is 89.6 Å². The minimum absolute atomic E-state index is 0.811. The van der Waals surface area contributed by atoms with Gasteiger partial charge in [0.2, 0.25) is 0 Å². The quantitative estimate of drug-likeness (QED) is 0.133. The molecule has 0 aliphatic heterocycles. The van der Waals surface area contributed by atoms with Crippen LogP contribution in [0.3, 0.4) is 0 Å². The first kappa shape index (κ1) is 29.1. The summed E-state index contributed by atoms with van der Waals surface area (Å²) < 4.78 is 17.0. The predicted octanol–water partition coefficient (Wildman–Crippen LogP) is 9.68. The summed E-state index contributed by atoms with van der Waals surface area (Å²) in [5.74, 6) is 0. The van der Waals surface area contributed by atoms with Gasteiger partial charge in [0.1, 0.15) is 5.65 Å². The van der Waals surface area contributed by atoms with Crippen molar-refractivity contribution < 1.29 is 4.57 Å². The standard InChI is InChI=1S/C44H30N3OP/c48-49(35-17-6-2-7-18-35,36-19-8-3-9-20-36)37-25-23-31(24-26-37)33-15-12-16-34(29-33)43-39-27-28-47-30-41(32-13-4-1-5-14-32)46-44(47)42(39)38-21-10-11-22-40(38)45-43/h1-30H. The fourth-order valence-electron chi connectivity index (χ4n) is 6.88. The largest absolute Gasteiger partial charge is 0.309 e. The van der Waals surface area contributed by atoms with Gasteiger partial charge < -0.3 is 8.97 Å². The summed E-state index contributed by atoms with van der Waals surface area (Å²) in [6, 6.07) is 57.1. The van der Waals surface area contributed by atoms with Crippen molar-refractivity contribution in [3.63, 3.8) is 0 Å². The molecule has 0 N–H and O–H groups in total. The van der Waals surface area contributed by atoms with Crippen molar-refractivity contribution in [2.24, 2.45) is 0 Å². The van der Waals surface area contributed by atoms with Crippen LogP contribution < -0.4 is 15.9 Å². The van der Waals surface area contributed by atoms with E-state index in [1.165, 1.54) is 0 Å². The maximum absolute atomic E-state index is 14.9. The molecule has 232 valence electrons. The van der Waals surface area contributed by atoms with Crippen LogP contribution in [-0.4, -0.2) is 14.4 Å². The van der Waals surface area contributed by atoms with Crippen LogP contribution in [-0.2, 0) is 4.57 Å². The molecular weight excluding hydrogens is 617 g/mol. The van der Waals surface area contributed by atoms with Crippen LogP contribution in [0.25, 0.3) is 61.0 Å². The monoisotopic (exact) mass is 647 g/mol. The Balaban J connectivity index is 1.16. The zero-order valence-corrected chi connectivity index (χ0v) is 27.4. The van der Waals surface area contributed by atoms with Gasteiger partial charge in [0, 0.05) is 55.6 Å². The summed E-state index contributed by atoms with van der Waals surface area (Å²) >= 11 is 0. The van der Waals surface area contributed by atoms with Crippen molar-refractivity contribution in [1.82, 2.24) is 14.4 Å². The summed E-state index contributed by atoms with van der Waals surface area (Å²) in [4.78, 5) is 10.4. The third kappa shape index (κ3) is 4.97. The Morgan fingerprint density at radius 1 is 0.469 bits per heavy atom. The fourth-order valence-corrected chi connectivity index (χ4v) is 9.53. The summed E-state index contributed by atoms with van der Waals surface area (Å²) in [5.41, 5.74) is 7.90. The number of benzene rings is 6. The third-order valence-corrected chi connectivity index (χ3v) is 12.4. The van der Waals surface area contributed by atoms with Crippen LogP contribution in [0.4, 0.5) is 0 Å². The van der Waals surface area contributed by atoms with Crippen LogP contribution in [0.5, 0.6) is 0 Å². The maximum Gasteiger partial charge on any atom is 0.171 e. The van der Waals surface area contributed by atoms with Gasteiger partial charge in [0.25, 0.3) is 0 Å². The molecular formula is C44H30N3OP. The van der Waals surface area contributed by atoms with Gasteiger partial charge in [-0.1, -0.05) is 152 Å². The summed E-state index contributed by atoms with van der Waals surface area (Å²) in [6.07, 6.45) is 4.18. The third-order valence-electron chi connectivity index (χ3n) is 9.30. The molecule has 3 aromatic heterocycles. The molecule has 5 heteroatoms. The Morgan fingerprint density at radius 3 is 1.78 bits per heavy atom. The van der Waals surface area contributed by atoms with E-state index >= 15 is 0 Å². The summed E-state index contributed by atoms with van der Waals surface area (Å²) in [6.45, 7) is 0. The van der Waals surface area contributed by atoms with E-state index in [0.29, 0.717) is 0 Å². The molecule has 0 atom stereocenters. The minimum atomic E-state index is -3.05. The van der Waals surface area contributed by atoms with Crippen molar-refractivity contribution in [2.45, 2.75) is 0 Å². The molecule has 4 nitrogen and oxygen atoms in total. The number of rotatable bonds is 6. The second-order valence-corrected chi connectivity index (χ2v) is 15.0. The molecule has 3 heterocycles. The van der Waals surface area contributed by atoms with E-state index in [0.717, 1.165) is 76.9 Å². The number of hydrogen-bond acceptors (Lipinski definition) is 3. The zero-order valence-electron chi connectivity index (χ0n) is 26.5. The number of hydrogen-bond donors (Lipinski definition) is 0. The number of pyridine rings is 2. The molecule has 0 aliphatic carbocycles. The van der Waals surface area contributed by atoms with Gasteiger partial charge in [-0.15, -0.1) is 0 Å². The van der Waals surface area contributed by atoms with Crippen LogP contribution >= 0.6 is 7.14 Å². The Bertz CT molecular complexity index is 2630. The van der Waals surface area contributed by atoms with Crippen LogP contribution in [0.1, 0.15) is 0 Å². The van der Waals surface area contributed by atoms with Crippen LogP contribution in [0.15, 0.2) is 182 Å². The smallest absolute Gasteiger partial charge is 0.171 e. The molecule has 9 aromatic rings. The van der Waals surface area contributed by atoms with Crippen molar-refractivity contribution in [1.29, 1.82) is 0 Å². The topological polar surface area (TPSA) is 47.3 Å². The molecule has 6 aromatic carbocycles. The molecule has 0 radical (unpaired) electrons. The molecule has 0 spiro atoms. The van der Waals surface area contributed by atoms with Gasteiger partial charge in [-0.25, -0.2) is 9.97 Å². The van der Waals surface area contributed by atoms with Gasteiger partial charge >= 0.3 is 0 Å². The lowest BCUT2D eigenvalue weighted by Crippen LogP contribution is -2.24. The molecule has 0 bridgehead atoms. The summed E-state index contributed by atoms with van der Waals surface area (Å²) in [7, 11) is -3.05. The normalized spacial score (nSPS) is 11.8. The molecule has 0 aliphatic rings. The van der Waals surface area contributed by atoms with E-state index in [1.54, 1.807) is 0 Å². The number of imidazole rings is 1. The lowest BCUT2D eigenvalue weighted by molar-refractivity contribution is 0.592. The Hall–Kier alpha value is -6.09. The van der Waals surface area contributed by atoms with Crippen LogP contribution in [0.2, 0.25) is 0 Å². The second-order valence-electron chi connectivity index (χ2n) is 12.2. The molecule has 9 rings (SSSR count). The molecule has 49 heavy (non-hydrogen) atoms. The van der Waals surface area contributed by atoms with Gasteiger partial charge in [-0.2, -0.15) is 0 Å². The molecule has 0 unspecified atom stereocenters. The fraction of sp³-hybridized carbons (Fsp3) is 0. The van der Waals surface area contributed by atoms with E-state index < -0.39 is 7.14 Å². The highest BCUT2D eigenvalue weighted by molar-refractivity contribution is 7.85. The minimum Gasteiger partial charge on any atom is -0.309 e. The Morgan fingerprint density at radius 2 is 1.06 bits per heavy atom. The maximum atomic E-state index is 14.9. The van der Waals surface area contributed by atoms with Gasteiger partial charge in [-0.05, 0) is 29.3 Å². The Kier molecular flexibility index (Phi) is 7.04. The first-order valence-electron chi connectivity index (χ1n) is 16.4. The van der Waals surface area contributed by atoms with Crippen molar-refractivity contribution in [3.05, 3.63) is 182 Å². The first-order chi connectivity index (χ1) is 24.2. The average molecular weight is 648 g/mol. The first-order valence-corrected chi connectivity index (χ1v) is 18.1. The van der Waals surface area contributed by atoms with Gasteiger partial charge in [0.15, 0.2) is 7.14 Å². The highest BCUT2D eigenvalue weighted by Crippen LogP contribution is 2.43. The number of para-hydroxylation sites is 1. The van der Waals surface area contributed by atoms with Crippen molar-refractivity contribution in [3.8, 4) is 33.6 Å². The van der Waals surface area contributed by atoms with Crippen molar-refractivity contribution >= 4 is 50.4 Å². The van der Waals surface area contributed by atoms with E-state index in [4.69, 9.17) is 9.97 Å². The number of aromatic nitrogens is 3. The highest BCUT2D eigenvalue weighted by Gasteiger charge is 2.29. The molecule has 0 amide bonds. The molecule has 0 saturated heterocycles. The SMILES string of the molecule is O=P(c1ccccc1)(c1ccccc1)c1ccc(-c2cccc(-c3nc4ccccc4c4c3ccn3cc(-c5ccccc5)nc43)c2)cc1. The molecule has 0 saturated carbocycles. The zero-order chi connectivity index (χ0) is 32.8. The lowest BCUT2D eigenvalue weighted by atomic mass is 9.98. The average Bonchev–Trinajstić information content (AvgIpc) is 3.63. The van der Waals surface area contributed by atoms with E-state index in [1.807, 2.05) is 97.1 Å². The number of nitrogens with zero attached hydrogens (tertiary/aromatic N) is 3. The van der Waals surface area contributed by atoms with Gasteiger partial charge in [0.05, 0.1) is 16.9 Å². The van der Waals surface area contributed by atoms with Crippen LogP contribution in [0, 0.1) is 0 Å². The van der Waals surface area contributed by atoms with Gasteiger partial charge in [-0.3, -0.25) is 0 Å². The van der Waals surface area contributed by atoms with E-state index in [9.17, 15) is 4.57 Å². The molecule has 0 fully saturated rings. The second kappa shape index (κ2) is 11.9. The Labute approximate surface area is 284 Å².